The number of carbonyl (C=O) groups excluding carboxylic acids is 1. The maximum Gasteiger partial charge on any atom is 0.228 e. The Morgan fingerprint density at radius 1 is 1.24 bits per heavy atom. The number of benzene rings is 2. The molecule has 0 saturated carbocycles. The zero-order valence-electron chi connectivity index (χ0n) is 15.7. The second kappa shape index (κ2) is 9.00. The molecule has 6 nitrogen and oxygen atoms in total. The zero-order valence-corrected chi connectivity index (χ0v) is 17.3. The van der Waals surface area contributed by atoms with Crippen LogP contribution in [0.1, 0.15) is 5.56 Å². The topological polar surface area (TPSA) is 80.5 Å². The molecule has 0 radical (unpaired) electrons. The van der Waals surface area contributed by atoms with Gasteiger partial charge in [-0.2, -0.15) is 0 Å². The van der Waals surface area contributed by atoms with Crippen molar-refractivity contribution in [2.24, 2.45) is 5.14 Å². The molecule has 0 unspecified atom stereocenters. The van der Waals surface area contributed by atoms with Crippen LogP contribution in [-0.4, -0.2) is 37.2 Å². The van der Waals surface area contributed by atoms with Gasteiger partial charge in [0, 0.05) is 45.7 Å². The van der Waals surface area contributed by atoms with Gasteiger partial charge in [-0.1, -0.05) is 29.8 Å². The highest BCUT2D eigenvalue weighted by Crippen LogP contribution is 2.31. The third kappa shape index (κ3) is 4.64. The van der Waals surface area contributed by atoms with Crippen molar-refractivity contribution in [2.45, 2.75) is 11.3 Å². The van der Waals surface area contributed by atoms with Gasteiger partial charge in [-0.05, 0) is 41.8 Å². The first kappa shape index (κ1) is 20.0. The lowest BCUT2D eigenvalue weighted by Gasteiger charge is -2.28. The number of anilines is 2. The van der Waals surface area contributed by atoms with E-state index in [1.54, 1.807) is 6.07 Å². The van der Waals surface area contributed by atoms with Gasteiger partial charge in [0.15, 0.2) is 0 Å². The number of fused-ring (bicyclic) bond motifs is 1. The number of carbonyl (C=O) groups is 1. The van der Waals surface area contributed by atoms with Crippen molar-refractivity contribution < 1.29 is 9.53 Å². The number of nitrogens with zero attached hydrogens (tertiary/aromatic N) is 2. The van der Waals surface area contributed by atoms with Crippen LogP contribution in [-0.2, 0) is 16.0 Å². The Morgan fingerprint density at radius 2 is 2.03 bits per heavy atom. The minimum Gasteiger partial charge on any atom is -0.378 e. The normalized spacial score (nSPS) is 14.2. The summed E-state index contributed by atoms with van der Waals surface area (Å²) >= 11 is 7.31. The molecule has 0 spiro atoms. The summed E-state index contributed by atoms with van der Waals surface area (Å²) in [5, 5.41) is 11.4. The molecule has 29 heavy (non-hydrogen) atoms. The number of ether oxygens (including phenoxy) is 1. The van der Waals surface area contributed by atoms with Gasteiger partial charge < -0.3 is 15.0 Å². The smallest absolute Gasteiger partial charge is 0.228 e. The quantitative estimate of drug-likeness (QED) is 0.600. The molecule has 1 aliphatic heterocycles. The Balaban J connectivity index is 1.57. The van der Waals surface area contributed by atoms with Gasteiger partial charge in [-0.3, -0.25) is 9.93 Å². The van der Waals surface area contributed by atoms with E-state index in [2.05, 4.69) is 15.2 Å². The van der Waals surface area contributed by atoms with Crippen LogP contribution in [0, 0.1) is 0 Å². The second-order valence-electron chi connectivity index (χ2n) is 6.77. The van der Waals surface area contributed by atoms with E-state index in [-0.39, 0.29) is 12.3 Å². The molecule has 1 aliphatic rings. The summed E-state index contributed by atoms with van der Waals surface area (Å²) in [4.78, 5) is 20.2. The number of hydrogen-bond acceptors (Lipinski definition) is 6. The van der Waals surface area contributed by atoms with Crippen LogP contribution in [0.15, 0.2) is 53.6 Å². The van der Waals surface area contributed by atoms with Crippen molar-refractivity contribution in [3.05, 3.63) is 59.2 Å². The lowest BCUT2D eigenvalue weighted by Crippen LogP contribution is -2.36. The van der Waals surface area contributed by atoms with Gasteiger partial charge in [0.2, 0.25) is 5.91 Å². The Morgan fingerprint density at radius 3 is 2.79 bits per heavy atom. The van der Waals surface area contributed by atoms with Crippen LogP contribution >= 0.6 is 23.5 Å². The molecule has 0 bridgehead atoms. The lowest BCUT2D eigenvalue weighted by atomic mass is 10.1. The highest BCUT2D eigenvalue weighted by Gasteiger charge is 2.15. The van der Waals surface area contributed by atoms with Gasteiger partial charge in [-0.15, -0.1) is 0 Å². The van der Waals surface area contributed by atoms with Crippen LogP contribution in [0.25, 0.3) is 10.8 Å². The maximum atomic E-state index is 12.5. The first-order valence-electron chi connectivity index (χ1n) is 9.30. The van der Waals surface area contributed by atoms with Gasteiger partial charge >= 0.3 is 0 Å². The summed E-state index contributed by atoms with van der Waals surface area (Å²) < 4.78 is 5.41. The van der Waals surface area contributed by atoms with Gasteiger partial charge in [0.25, 0.3) is 0 Å². The molecule has 0 aliphatic carbocycles. The molecule has 1 fully saturated rings. The Labute approximate surface area is 178 Å². The Bertz CT molecular complexity index is 1040. The van der Waals surface area contributed by atoms with Gasteiger partial charge in [0.05, 0.1) is 19.6 Å². The third-order valence-corrected chi connectivity index (χ3v) is 5.80. The van der Waals surface area contributed by atoms with Crippen LogP contribution in [0.5, 0.6) is 0 Å². The number of hydrogen-bond donors (Lipinski definition) is 2. The molecular weight excluding hydrogens is 408 g/mol. The Kier molecular flexibility index (Phi) is 6.20. The van der Waals surface area contributed by atoms with Crippen LogP contribution < -0.4 is 15.4 Å². The summed E-state index contributed by atoms with van der Waals surface area (Å²) in [5.74, 6) is 0.773. The fourth-order valence-electron chi connectivity index (χ4n) is 3.37. The van der Waals surface area contributed by atoms with Crippen LogP contribution in [0.4, 0.5) is 11.5 Å². The molecular formula is C21H21ClN4O2S. The number of aromatic nitrogens is 1. The van der Waals surface area contributed by atoms with Crippen molar-refractivity contribution in [3.63, 3.8) is 0 Å². The highest BCUT2D eigenvalue weighted by atomic mass is 35.5. The van der Waals surface area contributed by atoms with Crippen molar-refractivity contribution in [1.82, 2.24) is 4.98 Å². The number of halogens is 1. The number of pyridine rings is 1. The third-order valence-electron chi connectivity index (χ3n) is 4.84. The van der Waals surface area contributed by atoms with Crippen molar-refractivity contribution in [1.29, 1.82) is 0 Å². The van der Waals surface area contributed by atoms with E-state index >= 15 is 0 Å². The first-order valence-corrected chi connectivity index (χ1v) is 10.6. The SMILES string of the molecule is NSc1cc(NC(=O)Cc2ccccc2Cl)cc2cnc(N3CCOCC3)cc12. The average molecular weight is 429 g/mol. The van der Waals surface area contributed by atoms with E-state index in [4.69, 9.17) is 21.5 Å². The number of morpholine rings is 1. The fraction of sp³-hybridized carbons (Fsp3) is 0.238. The molecule has 2 aromatic carbocycles. The van der Waals surface area contributed by atoms with Crippen molar-refractivity contribution >= 4 is 51.7 Å². The molecule has 2 heterocycles. The molecule has 1 saturated heterocycles. The Hall–Kier alpha value is -2.32. The lowest BCUT2D eigenvalue weighted by molar-refractivity contribution is -0.115. The summed E-state index contributed by atoms with van der Waals surface area (Å²) in [7, 11) is 0. The van der Waals surface area contributed by atoms with Gasteiger partial charge in [-0.25, -0.2) is 4.98 Å². The average Bonchev–Trinajstić information content (AvgIpc) is 2.75. The van der Waals surface area contributed by atoms with E-state index in [0.717, 1.165) is 52.1 Å². The number of amides is 1. The largest absolute Gasteiger partial charge is 0.378 e. The molecule has 150 valence electrons. The molecule has 3 N–H and O–H groups in total. The standard InChI is InChI=1S/C21H21ClN4O2S/c22-18-4-2-1-3-14(18)10-21(27)25-16-9-15-13-24-20(26-5-7-28-8-6-26)12-17(15)19(11-16)29-23/h1-4,9,11-13H,5-8,10,23H2,(H,25,27). The minimum atomic E-state index is -0.136. The fourth-order valence-corrected chi connectivity index (χ4v) is 4.07. The minimum absolute atomic E-state index is 0.136. The molecule has 4 rings (SSSR count). The molecule has 1 aromatic heterocycles. The number of rotatable bonds is 5. The van der Waals surface area contributed by atoms with Crippen LogP contribution in [0.2, 0.25) is 5.02 Å². The van der Waals surface area contributed by atoms with E-state index in [9.17, 15) is 4.79 Å². The van der Waals surface area contributed by atoms with E-state index in [1.807, 2.05) is 42.6 Å². The van der Waals surface area contributed by atoms with Crippen LogP contribution in [0.3, 0.4) is 0 Å². The zero-order chi connectivity index (χ0) is 20.2. The number of nitrogens with two attached hydrogens (primary N) is 1. The van der Waals surface area contributed by atoms with E-state index in [0.29, 0.717) is 23.9 Å². The highest BCUT2D eigenvalue weighted by molar-refractivity contribution is 7.97. The molecule has 3 aromatic rings. The summed E-state index contributed by atoms with van der Waals surface area (Å²) in [5.41, 5.74) is 1.47. The van der Waals surface area contributed by atoms with Gasteiger partial charge in [0.1, 0.15) is 5.82 Å². The van der Waals surface area contributed by atoms with Crippen molar-refractivity contribution in [2.75, 3.05) is 36.5 Å². The maximum absolute atomic E-state index is 12.5. The summed E-state index contributed by atoms with van der Waals surface area (Å²) in [6, 6.07) is 13.2. The second-order valence-corrected chi connectivity index (χ2v) is 7.85. The predicted octanol–water partition coefficient (Wildman–Crippen LogP) is 3.87. The van der Waals surface area contributed by atoms with Crippen molar-refractivity contribution in [3.8, 4) is 0 Å². The monoisotopic (exact) mass is 428 g/mol. The first-order chi connectivity index (χ1) is 14.1. The number of nitrogens with one attached hydrogen (secondary N) is 1. The summed E-state index contributed by atoms with van der Waals surface area (Å²) in [6.45, 7) is 3.04. The van der Waals surface area contributed by atoms with E-state index in [1.165, 1.54) is 0 Å². The van der Waals surface area contributed by atoms with E-state index < -0.39 is 0 Å². The molecule has 1 amide bonds. The predicted molar refractivity (Wildman–Crippen MR) is 119 cm³/mol. The molecule has 8 heteroatoms. The summed E-state index contributed by atoms with van der Waals surface area (Å²) in [6.07, 6.45) is 2.03. The molecule has 0 atom stereocenters.